The first-order chi connectivity index (χ1) is 8.34. The van der Waals surface area contributed by atoms with Gasteiger partial charge in [-0.2, -0.15) is 0 Å². The number of nitrogens with zero attached hydrogens (tertiary/aromatic N) is 1. The van der Waals surface area contributed by atoms with Crippen LogP contribution in [0.4, 0.5) is 0 Å². The van der Waals surface area contributed by atoms with Crippen molar-refractivity contribution in [1.29, 1.82) is 0 Å². The number of hydrogen-bond acceptors (Lipinski definition) is 3. The summed E-state index contributed by atoms with van der Waals surface area (Å²) < 4.78 is 15.1. The third-order valence-corrected chi connectivity index (χ3v) is 4.23. The highest BCUT2D eigenvalue weighted by atomic mass is 32.2. The summed E-state index contributed by atoms with van der Waals surface area (Å²) in [5, 5.41) is 3.31. The Morgan fingerprint density at radius 1 is 1.18 bits per heavy atom. The van der Waals surface area contributed by atoms with E-state index >= 15 is 0 Å². The van der Waals surface area contributed by atoms with Crippen molar-refractivity contribution in [1.82, 2.24) is 14.9 Å². The lowest BCUT2D eigenvalue weighted by Gasteiger charge is -2.33. The summed E-state index contributed by atoms with van der Waals surface area (Å²) in [6.45, 7) is 3.87. The second kappa shape index (κ2) is 4.50. The third-order valence-electron chi connectivity index (χ3n) is 3.07. The summed E-state index contributed by atoms with van der Waals surface area (Å²) in [7, 11) is -1.13. The number of benzene rings is 1. The summed E-state index contributed by atoms with van der Waals surface area (Å²) in [6, 6.07) is 7.81. The van der Waals surface area contributed by atoms with Gasteiger partial charge in [0.1, 0.15) is 5.82 Å². The van der Waals surface area contributed by atoms with E-state index < -0.39 is 11.0 Å². The van der Waals surface area contributed by atoms with Gasteiger partial charge in [0.05, 0.1) is 4.90 Å². The zero-order chi connectivity index (χ0) is 11.7. The Morgan fingerprint density at radius 2 is 1.94 bits per heavy atom. The van der Waals surface area contributed by atoms with Crippen LogP contribution < -0.4 is 10.0 Å². The van der Waals surface area contributed by atoms with Crippen molar-refractivity contribution in [3.63, 3.8) is 0 Å². The molecule has 0 saturated carbocycles. The van der Waals surface area contributed by atoms with Gasteiger partial charge in [-0.25, -0.2) is 4.21 Å². The van der Waals surface area contributed by atoms with E-state index in [2.05, 4.69) is 21.0 Å². The van der Waals surface area contributed by atoms with Gasteiger partial charge in [-0.3, -0.25) is 4.72 Å². The van der Waals surface area contributed by atoms with Crippen LogP contribution in [-0.4, -0.2) is 35.3 Å². The Balaban J connectivity index is 1.93. The summed E-state index contributed by atoms with van der Waals surface area (Å²) in [6.07, 6.45) is 2.09. The quantitative estimate of drug-likeness (QED) is 0.762. The summed E-state index contributed by atoms with van der Waals surface area (Å²) >= 11 is 0. The van der Waals surface area contributed by atoms with Crippen LogP contribution in [-0.2, 0) is 11.0 Å². The maximum absolute atomic E-state index is 12.1. The van der Waals surface area contributed by atoms with Crippen molar-refractivity contribution in [3.8, 4) is 0 Å². The lowest BCUT2D eigenvalue weighted by Crippen LogP contribution is -2.46. The van der Waals surface area contributed by atoms with Gasteiger partial charge >= 0.3 is 0 Å². The van der Waals surface area contributed by atoms with Crippen molar-refractivity contribution in [2.45, 2.75) is 4.90 Å². The maximum Gasteiger partial charge on any atom is 0.152 e. The summed E-state index contributed by atoms with van der Waals surface area (Å²) in [4.78, 5) is 3.11. The van der Waals surface area contributed by atoms with Crippen LogP contribution in [0.5, 0.6) is 0 Å². The van der Waals surface area contributed by atoms with Gasteiger partial charge in [-0.1, -0.05) is 18.2 Å². The molecule has 1 aromatic rings. The molecule has 1 fully saturated rings. The van der Waals surface area contributed by atoms with E-state index in [4.69, 9.17) is 0 Å². The SMILES string of the molecule is O=S1NC(N2CCNCC2)=Cc2ccccc21. The van der Waals surface area contributed by atoms with Crippen LogP contribution in [0.25, 0.3) is 6.08 Å². The fraction of sp³-hybridized carbons (Fsp3) is 0.333. The van der Waals surface area contributed by atoms with Crippen molar-refractivity contribution in [3.05, 3.63) is 35.6 Å². The Morgan fingerprint density at radius 3 is 2.76 bits per heavy atom. The molecule has 90 valence electrons. The van der Waals surface area contributed by atoms with Gasteiger partial charge in [0.25, 0.3) is 0 Å². The van der Waals surface area contributed by atoms with E-state index in [1.54, 1.807) is 0 Å². The molecule has 0 amide bonds. The van der Waals surface area contributed by atoms with Crippen LogP contribution in [0.15, 0.2) is 35.0 Å². The van der Waals surface area contributed by atoms with Crippen LogP contribution in [0.3, 0.4) is 0 Å². The Bertz CT molecular complexity index is 480. The highest BCUT2D eigenvalue weighted by Gasteiger charge is 2.20. The van der Waals surface area contributed by atoms with E-state index in [1.807, 2.05) is 24.3 Å². The second-order valence-electron chi connectivity index (χ2n) is 4.18. The van der Waals surface area contributed by atoms with Gasteiger partial charge in [-0.05, 0) is 17.7 Å². The number of piperazine rings is 1. The van der Waals surface area contributed by atoms with E-state index in [1.165, 1.54) is 0 Å². The minimum Gasteiger partial charge on any atom is -0.355 e. The number of fused-ring (bicyclic) bond motifs is 1. The average Bonchev–Trinajstić information content (AvgIpc) is 2.40. The standard InChI is InChI=1S/C12H15N3OS/c16-17-11-4-2-1-3-10(11)9-12(14-17)15-7-5-13-6-8-15/h1-4,9,13-14H,5-8H2. The fourth-order valence-corrected chi connectivity index (χ4v) is 3.19. The van der Waals surface area contributed by atoms with Gasteiger partial charge in [0, 0.05) is 26.2 Å². The predicted molar refractivity (Wildman–Crippen MR) is 68.4 cm³/mol. The van der Waals surface area contributed by atoms with Crippen LogP contribution in [0.1, 0.15) is 5.56 Å². The lowest BCUT2D eigenvalue weighted by atomic mass is 10.2. The molecule has 2 N–H and O–H groups in total. The largest absolute Gasteiger partial charge is 0.355 e. The van der Waals surface area contributed by atoms with Gasteiger partial charge in [-0.15, -0.1) is 0 Å². The molecule has 1 unspecified atom stereocenters. The van der Waals surface area contributed by atoms with Gasteiger partial charge < -0.3 is 10.2 Å². The van der Waals surface area contributed by atoms with E-state index in [-0.39, 0.29) is 0 Å². The molecule has 1 aromatic carbocycles. The molecular formula is C12H15N3OS. The van der Waals surface area contributed by atoms with E-state index in [0.29, 0.717) is 0 Å². The molecular weight excluding hydrogens is 234 g/mol. The molecule has 1 saturated heterocycles. The zero-order valence-electron chi connectivity index (χ0n) is 9.48. The maximum atomic E-state index is 12.1. The topological polar surface area (TPSA) is 44.4 Å². The van der Waals surface area contributed by atoms with Crippen molar-refractivity contribution < 1.29 is 4.21 Å². The predicted octanol–water partition coefficient (Wildman–Crippen LogP) is 0.516. The molecule has 17 heavy (non-hydrogen) atoms. The zero-order valence-corrected chi connectivity index (χ0v) is 10.3. The Labute approximate surface area is 103 Å². The van der Waals surface area contributed by atoms with Crippen molar-refractivity contribution >= 4 is 17.1 Å². The molecule has 2 aliphatic heterocycles. The molecule has 0 aliphatic carbocycles. The molecule has 3 rings (SSSR count). The highest BCUT2D eigenvalue weighted by Crippen LogP contribution is 2.22. The van der Waals surface area contributed by atoms with Crippen molar-refractivity contribution in [2.24, 2.45) is 0 Å². The van der Waals surface area contributed by atoms with E-state index in [0.717, 1.165) is 42.5 Å². The number of hydrogen-bond donors (Lipinski definition) is 2. The highest BCUT2D eigenvalue weighted by molar-refractivity contribution is 7.83. The second-order valence-corrected chi connectivity index (χ2v) is 5.36. The van der Waals surface area contributed by atoms with Gasteiger partial charge in [0.15, 0.2) is 11.0 Å². The normalized spacial score (nSPS) is 23.6. The molecule has 0 aromatic heterocycles. The monoisotopic (exact) mass is 249 g/mol. The summed E-state index contributed by atoms with van der Waals surface area (Å²) in [5.74, 6) is 0.975. The first kappa shape index (κ1) is 10.8. The fourth-order valence-electron chi connectivity index (χ4n) is 2.16. The Hall–Kier alpha value is -1.33. The van der Waals surface area contributed by atoms with Crippen LogP contribution in [0, 0.1) is 0 Å². The van der Waals surface area contributed by atoms with Crippen LogP contribution in [0.2, 0.25) is 0 Å². The van der Waals surface area contributed by atoms with Crippen molar-refractivity contribution in [2.75, 3.05) is 26.2 Å². The minimum absolute atomic E-state index is 0.867. The molecule has 5 heteroatoms. The molecule has 0 spiro atoms. The average molecular weight is 249 g/mol. The lowest BCUT2D eigenvalue weighted by molar-refractivity contribution is 0.293. The smallest absolute Gasteiger partial charge is 0.152 e. The molecule has 1 atom stereocenters. The molecule has 0 radical (unpaired) electrons. The molecule has 4 nitrogen and oxygen atoms in total. The first-order valence-electron chi connectivity index (χ1n) is 5.79. The van der Waals surface area contributed by atoms with Gasteiger partial charge in [0.2, 0.25) is 0 Å². The molecule has 0 bridgehead atoms. The Kier molecular flexibility index (Phi) is 2.86. The first-order valence-corrected chi connectivity index (χ1v) is 6.94. The van der Waals surface area contributed by atoms with Crippen LogP contribution >= 0.6 is 0 Å². The number of rotatable bonds is 1. The summed E-state index contributed by atoms with van der Waals surface area (Å²) in [5.41, 5.74) is 1.05. The number of nitrogens with one attached hydrogen (secondary N) is 2. The van der Waals surface area contributed by atoms with E-state index in [9.17, 15) is 4.21 Å². The molecule has 2 heterocycles. The minimum atomic E-state index is -1.13. The third kappa shape index (κ3) is 2.08. The molecule has 2 aliphatic rings.